The summed E-state index contributed by atoms with van der Waals surface area (Å²) in [5, 5.41) is 4.12. The van der Waals surface area contributed by atoms with Crippen LogP contribution in [0.15, 0.2) is 94.5 Å². The smallest absolute Gasteiger partial charge is 0.252 e. The number of carbonyl (C=O) groups excluding carboxylic acids is 1. The summed E-state index contributed by atoms with van der Waals surface area (Å²) in [6.45, 7) is 0. The van der Waals surface area contributed by atoms with Crippen molar-refractivity contribution in [1.29, 1.82) is 0 Å². The van der Waals surface area contributed by atoms with E-state index < -0.39 is 0 Å². The number of nitrogens with one attached hydrogen (secondary N) is 1. The Labute approximate surface area is 166 Å². The Bertz CT molecular complexity index is 960. The third kappa shape index (κ3) is 3.91. The Morgan fingerprint density at radius 1 is 0.815 bits per heavy atom. The molecule has 1 N–H and O–H groups in total. The van der Waals surface area contributed by atoms with E-state index in [2.05, 4.69) is 26.5 Å². The maximum Gasteiger partial charge on any atom is 0.252 e. The lowest BCUT2D eigenvalue weighted by Gasteiger charge is -2.02. The second-order valence-electron chi connectivity index (χ2n) is 6.28. The van der Waals surface area contributed by atoms with Gasteiger partial charge in [-0.15, -0.1) is 0 Å². The minimum atomic E-state index is -0.267. The van der Waals surface area contributed by atoms with Gasteiger partial charge in [0.25, 0.3) is 5.91 Å². The van der Waals surface area contributed by atoms with E-state index in [9.17, 15) is 4.79 Å². The molecular weight excluding hydrogens is 400 g/mol. The van der Waals surface area contributed by atoms with Crippen LogP contribution in [0.2, 0.25) is 0 Å². The lowest BCUT2D eigenvalue weighted by atomic mass is 10.1. The van der Waals surface area contributed by atoms with E-state index in [0.717, 1.165) is 32.3 Å². The van der Waals surface area contributed by atoms with Crippen LogP contribution in [0, 0.1) is 5.92 Å². The Morgan fingerprint density at radius 2 is 1.33 bits per heavy atom. The fourth-order valence-electron chi connectivity index (χ4n) is 3.15. The van der Waals surface area contributed by atoms with Gasteiger partial charge in [-0.05, 0) is 40.0 Å². The van der Waals surface area contributed by atoms with Crippen LogP contribution in [0.5, 0.6) is 0 Å². The molecule has 3 nitrogen and oxygen atoms in total. The maximum absolute atomic E-state index is 12.7. The third-order valence-corrected chi connectivity index (χ3v) is 5.00. The molecule has 0 heterocycles. The average Bonchev–Trinajstić information content (AvgIpc) is 3.47. The molecule has 0 atom stereocenters. The predicted octanol–water partition coefficient (Wildman–Crippen LogP) is 5.14. The first-order valence-electron chi connectivity index (χ1n) is 8.67. The van der Waals surface area contributed by atoms with E-state index in [1.165, 1.54) is 0 Å². The first-order chi connectivity index (χ1) is 13.2. The highest BCUT2D eigenvalue weighted by molar-refractivity contribution is 9.10. The van der Waals surface area contributed by atoms with E-state index >= 15 is 0 Å². The fraction of sp³-hybridized carbons (Fsp3) is 0.0435. The standard InChI is InChI=1S/C23H17BrN2O/c24-19-13-11-16(12-14-19)15-25-26-23(27)22-20(17-7-3-1-4-8-17)21(22)18-9-5-2-6-10-18/h1-15,22H,(H,26,27). The molecule has 0 saturated carbocycles. The largest absolute Gasteiger partial charge is 0.272 e. The molecular formula is C23H17BrN2O. The van der Waals surface area contributed by atoms with Gasteiger partial charge in [0.15, 0.2) is 0 Å². The van der Waals surface area contributed by atoms with Gasteiger partial charge >= 0.3 is 0 Å². The highest BCUT2D eigenvalue weighted by Crippen LogP contribution is 2.53. The molecule has 1 aliphatic rings. The summed E-state index contributed by atoms with van der Waals surface area (Å²) in [5.41, 5.74) is 7.90. The fourth-order valence-corrected chi connectivity index (χ4v) is 3.41. The minimum absolute atomic E-state index is 0.110. The molecule has 3 aromatic carbocycles. The van der Waals surface area contributed by atoms with Crippen LogP contribution >= 0.6 is 15.9 Å². The first kappa shape index (κ1) is 17.4. The molecule has 0 aromatic heterocycles. The Hall–Kier alpha value is -2.98. The number of hydrogen-bond donors (Lipinski definition) is 1. The molecule has 0 spiro atoms. The molecule has 132 valence electrons. The maximum atomic E-state index is 12.7. The molecule has 1 amide bonds. The zero-order valence-corrected chi connectivity index (χ0v) is 16.1. The summed E-state index contributed by atoms with van der Waals surface area (Å²) < 4.78 is 1.01. The van der Waals surface area contributed by atoms with Gasteiger partial charge in [0.2, 0.25) is 0 Å². The summed E-state index contributed by atoms with van der Waals surface area (Å²) in [4.78, 5) is 12.7. The van der Waals surface area contributed by atoms with Gasteiger partial charge in [-0.1, -0.05) is 88.7 Å². The number of hydrogen-bond acceptors (Lipinski definition) is 2. The van der Waals surface area contributed by atoms with Crippen molar-refractivity contribution >= 4 is 39.2 Å². The predicted molar refractivity (Wildman–Crippen MR) is 113 cm³/mol. The number of rotatable bonds is 5. The zero-order valence-electron chi connectivity index (χ0n) is 14.5. The van der Waals surface area contributed by atoms with Crippen molar-refractivity contribution in [1.82, 2.24) is 5.43 Å². The average molecular weight is 417 g/mol. The van der Waals surface area contributed by atoms with Crippen molar-refractivity contribution in [3.8, 4) is 0 Å². The quantitative estimate of drug-likeness (QED) is 0.453. The Kier molecular flexibility index (Phi) is 4.99. The van der Waals surface area contributed by atoms with Crippen LogP contribution in [0.25, 0.3) is 11.1 Å². The van der Waals surface area contributed by atoms with Crippen molar-refractivity contribution in [2.75, 3.05) is 0 Å². The SMILES string of the molecule is O=C(NN=Cc1ccc(Br)cc1)C1C(c2ccccc2)=C1c1ccccc1. The first-order valence-corrected chi connectivity index (χ1v) is 9.47. The molecule has 3 aromatic rings. The highest BCUT2D eigenvalue weighted by Gasteiger charge is 2.43. The lowest BCUT2D eigenvalue weighted by molar-refractivity contribution is -0.121. The van der Waals surface area contributed by atoms with Gasteiger partial charge in [-0.25, -0.2) is 5.43 Å². The van der Waals surface area contributed by atoms with Crippen LogP contribution in [0.4, 0.5) is 0 Å². The molecule has 4 rings (SSSR count). The molecule has 27 heavy (non-hydrogen) atoms. The molecule has 0 saturated heterocycles. The Balaban J connectivity index is 1.52. The number of benzene rings is 3. The van der Waals surface area contributed by atoms with Gasteiger partial charge in [0.05, 0.1) is 12.1 Å². The summed E-state index contributed by atoms with van der Waals surface area (Å²) in [6, 6.07) is 27.8. The van der Waals surface area contributed by atoms with Crippen LogP contribution in [-0.4, -0.2) is 12.1 Å². The topological polar surface area (TPSA) is 41.5 Å². The molecule has 4 heteroatoms. The normalized spacial score (nSPS) is 13.8. The Morgan fingerprint density at radius 3 is 1.85 bits per heavy atom. The lowest BCUT2D eigenvalue weighted by Crippen LogP contribution is -2.21. The van der Waals surface area contributed by atoms with Crippen LogP contribution in [-0.2, 0) is 4.79 Å². The summed E-state index contributed by atoms with van der Waals surface area (Å²) in [6.07, 6.45) is 1.65. The monoisotopic (exact) mass is 416 g/mol. The molecule has 0 radical (unpaired) electrons. The second kappa shape index (κ2) is 7.72. The van der Waals surface area contributed by atoms with E-state index in [-0.39, 0.29) is 11.8 Å². The van der Waals surface area contributed by atoms with Gasteiger partial charge < -0.3 is 0 Å². The van der Waals surface area contributed by atoms with E-state index in [4.69, 9.17) is 0 Å². The summed E-state index contributed by atoms with van der Waals surface area (Å²) in [7, 11) is 0. The van der Waals surface area contributed by atoms with Crippen molar-refractivity contribution in [2.45, 2.75) is 0 Å². The van der Waals surface area contributed by atoms with Crippen molar-refractivity contribution in [3.05, 3.63) is 106 Å². The number of halogens is 1. The summed E-state index contributed by atoms with van der Waals surface area (Å²) >= 11 is 3.40. The molecule has 0 fully saturated rings. The number of nitrogens with zero attached hydrogens (tertiary/aromatic N) is 1. The zero-order chi connectivity index (χ0) is 18.6. The second-order valence-corrected chi connectivity index (χ2v) is 7.19. The minimum Gasteiger partial charge on any atom is -0.272 e. The van der Waals surface area contributed by atoms with Gasteiger partial charge in [-0.2, -0.15) is 5.10 Å². The third-order valence-electron chi connectivity index (χ3n) is 4.47. The van der Waals surface area contributed by atoms with Crippen LogP contribution in [0.1, 0.15) is 16.7 Å². The van der Waals surface area contributed by atoms with E-state index in [1.807, 2.05) is 84.9 Å². The number of carbonyl (C=O) groups is 1. The van der Waals surface area contributed by atoms with Crippen LogP contribution < -0.4 is 5.43 Å². The highest BCUT2D eigenvalue weighted by atomic mass is 79.9. The van der Waals surface area contributed by atoms with Crippen molar-refractivity contribution < 1.29 is 4.79 Å². The molecule has 0 unspecified atom stereocenters. The van der Waals surface area contributed by atoms with Crippen molar-refractivity contribution in [3.63, 3.8) is 0 Å². The van der Waals surface area contributed by atoms with E-state index in [1.54, 1.807) is 6.21 Å². The van der Waals surface area contributed by atoms with Gasteiger partial charge in [-0.3, -0.25) is 4.79 Å². The number of hydrazone groups is 1. The van der Waals surface area contributed by atoms with Gasteiger partial charge in [0.1, 0.15) is 0 Å². The number of amides is 1. The van der Waals surface area contributed by atoms with E-state index in [0.29, 0.717) is 0 Å². The van der Waals surface area contributed by atoms with Gasteiger partial charge in [0, 0.05) is 4.47 Å². The summed E-state index contributed by atoms with van der Waals surface area (Å²) in [5.74, 6) is -0.377. The molecule has 0 bridgehead atoms. The van der Waals surface area contributed by atoms with Crippen molar-refractivity contribution in [2.24, 2.45) is 11.0 Å². The van der Waals surface area contributed by atoms with Crippen LogP contribution in [0.3, 0.4) is 0 Å². The molecule has 0 aliphatic heterocycles. The molecule has 1 aliphatic carbocycles.